The van der Waals surface area contributed by atoms with E-state index < -0.39 is 37.8 Å². The average Bonchev–Trinajstić information content (AvgIpc) is 2.74. The van der Waals surface area contributed by atoms with Gasteiger partial charge in [-0.3, -0.25) is 14.5 Å². The van der Waals surface area contributed by atoms with Crippen LogP contribution >= 0.6 is 33.7 Å². The first kappa shape index (κ1) is 24.2. The first-order valence-electron chi connectivity index (χ1n) is 10.3. The Kier molecular flexibility index (Phi) is 6.11. The number of halogens is 3. The number of hydrogen-bond acceptors (Lipinski definition) is 7. The fourth-order valence-electron chi connectivity index (χ4n) is 4.38. The number of rotatable bonds is 3. The van der Waals surface area contributed by atoms with Gasteiger partial charge in [0.1, 0.15) is 34.4 Å². The van der Waals surface area contributed by atoms with Gasteiger partial charge in [0, 0.05) is 12.7 Å². The molecule has 0 radical (unpaired) electrons. The number of carbonyl (C=O) groups is 1. The highest BCUT2D eigenvalue weighted by Gasteiger charge is 2.60. The lowest BCUT2D eigenvalue weighted by Gasteiger charge is -2.61. The molecule has 0 aliphatic carbocycles. The van der Waals surface area contributed by atoms with Crippen LogP contribution in [0.25, 0.3) is 0 Å². The van der Waals surface area contributed by atoms with Crippen LogP contribution in [0.5, 0.6) is 0 Å². The van der Waals surface area contributed by atoms with E-state index in [1.807, 2.05) is 13.8 Å². The molecular weight excluding hydrogens is 490 g/mol. The molecule has 12 heteroatoms. The van der Waals surface area contributed by atoms with Crippen molar-refractivity contribution in [3.8, 4) is 0 Å². The van der Waals surface area contributed by atoms with Crippen LogP contribution in [0.15, 0.2) is 29.4 Å². The topological polar surface area (TPSA) is 126 Å². The van der Waals surface area contributed by atoms with Crippen LogP contribution in [-0.2, 0) is 5.54 Å². The number of carbonyl (C=O) groups excluding carboxylic acids is 1. The van der Waals surface area contributed by atoms with E-state index in [0.717, 1.165) is 6.42 Å². The van der Waals surface area contributed by atoms with Crippen molar-refractivity contribution in [2.45, 2.75) is 49.1 Å². The molecule has 1 fully saturated rings. The van der Waals surface area contributed by atoms with Crippen LogP contribution in [0.1, 0.15) is 49.8 Å². The molecule has 1 unspecified atom stereocenters. The minimum absolute atomic E-state index is 0.00598. The van der Waals surface area contributed by atoms with E-state index in [1.54, 1.807) is 6.92 Å². The summed E-state index contributed by atoms with van der Waals surface area (Å²) in [6.07, 6.45) is 2.71. The van der Waals surface area contributed by atoms with E-state index in [4.69, 9.17) is 28.9 Å². The number of anilines is 1. The van der Waals surface area contributed by atoms with E-state index in [1.165, 1.54) is 24.4 Å². The largest absolute Gasteiger partial charge is 0.386 e. The summed E-state index contributed by atoms with van der Waals surface area (Å²) in [4.78, 5) is 25.7. The van der Waals surface area contributed by atoms with E-state index in [0.29, 0.717) is 18.0 Å². The van der Waals surface area contributed by atoms with Crippen LogP contribution in [0.4, 0.5) is 10.2 Å². The molecule has 2 aliphatic heterocycles. The fraction of sp³-hybridized carbons (Fsp3) is 0.429. The Morgan fingerprint density at radius 3 is 2.79 bits per heavy atom. The zero-order valence-electron chi connectivity index (χ0n) is 18.3. The van der Waals surface area contributed by atoms with Crippen LogP contribution in [0, 0.1) is 5.82 Å². The second kappa shape index (κ2) is 8.35. The smallest absolute Gasteiger partial charge is 0.276 e. The average molecular weight is 515 g/mol. The lowest BCUT2D eigenvalue weighted by Crippen LogP contribution is -2.62. The summed E-state index contributed by atoms with van der Waals surface area (Å²) in [7, 11) is -2.51. The Balaban J connectivity index is 1.75. The first-order valence-corrected chi connectivity index (χ1v) is 12.7. The predicted molar refractivity (Wildman–Crippen MR) is 131 cm³/mol. The van der Waals surface area contributed by atoms with Crippen molar-refractivity contribution in [2.24, 2.45) is 10.7 Å². The van der Waals surface area contributed by atoms with Crippen molar-refractivity contribution in [2.75, 3.05) is 11.9 Å². The van der Waals surface area contributed by atoms with Gasteiger partial charge in [-0.15, -0.1) is 0 Å². The van der Waals surface area contributed by atoms with Gasteiger partial charge < -0.3 is 15.6 Å². The first-order chi connectivity index (χ1) is 15.4. The molecule has 0 aromatic carbocycles. The Morgan fingerprint density at radius 2 is 2.09 bits per heavy atom. The van der Waals surface area contributed by atoms with Crippen LogP contribution in [0.2, 0.25) is 10.0 Å². The van der Waals surface area contributed by atoms with E-state index in [-0.39, 0.29) is 28.1 Å². The zero-order valence-corrected chi connectivity index (χ0v) is 20.7. The molecule has 1 amide bonds. The summed E-state index contributed by atoms with van der Waals surface area (Å²) in [6, 6.07) is 3.94. The number of aliphatic imine (C=N–C) groups is 1. The molecule has 2 aromatic rings. The van der Waals surface area contributed by atoms with E-state index in [9.17, 15) is 9.35 Å². The molecule has 4 rings (SSSR count). The molecular formula is C21H25Cl2FN6O2S. The quantitative estimate of drug-likeness (QED) is 0.478. The van der Waals surface area contributed by atoms with Crippen molar-refractivity contribution in [1.29, 1.82) is 0 Å². The van der Waals surface area contributed by atoms with Crippen molar-refractivity contribution in [1.82, 2.24) is 14.7 Å². The number of nitrogens with two attached hydrogens (primary N) is 1. The Labute approximate surface area is 202 Å². The molecule has 5 N–H and O–H groups in total. The second-order valence-electron chi connectivity index (χ2n) is 8.77. The molecule has 178 valence electrons. The summed E-state index contributed by atoms with van der Waals surface area (Å²) < 4.78 is 29.4. The summed E-state index contributed by atoms with van der Waals surface area (Å²) in [5.74, 6) is -0.921. The number of nitrogens with zero attached hydrogens (tertiary/aromatic N) is 3. The lowest BCUT2D eigenvalue weighted by atomic mass is 9.89. The van der Waals surface area contributed by atoms with Crippen molar-refractivity contribution < 1.29 is 13.7 Å². The molecule has 0 spiro atoms. The minimum atomic E-state index is -2.51. The van der Waals surface area contributed by atoms with E-state index in [2.05, 4.69) is 25.0 Å². The fourth-order valence-corrected chi connectivity index (χ4v) is 8.28. The summed E-state index contributed by atoms with van der Waals surface area (Å²) in [6.45, 7) is 6.04. The zero-order chi connectivity index (χ0) is 24.2. The molecule has 8 nitrogen and oxygen atoms in total. The molecule has 4 heterocycles. The molecule has 2 aliphatic rings. The van der Waals surface area contributed by atoms with Gasteiger partial charge in [0.2, 0.25) is 0 Å². The molecule has 0 bridgehead atoms. The van der Waals surface area contributed by atoms with Gasteiger partial charge in [0.15, 0.2) is 0 Å². The number of amides is 1. The van der Waals surface area contributed by atoms with Gasteiger partial charge in [-0.1, -0.05) is 33.7 Å². The maximum atomic E-state index is 15.1. The van der Waals surface area contributed by atoms with Gasteiger partial charge in [-0.05, 0) is 51.8 Å². The van der Waals surface area contributed by atoms with Crippen molar-refractivity contribution in [3.05, 3.63) is 51.6 Å². The third-order valence-electron chi connectivity index (χ3n) is 6.34. The highest BCUT2D eigenvalue weighted by atomic mass is 35.5. The molecule has 3 atom stereocenters. The number of fused-ring (bicyclic) bond motifs is 1. The number of pyridine rings is 2. The second-order valence-corrected chi connectivity index (χ2v) is 12.7. The normalized spacial score (nSPS) is 30.5. The minimum Gasteiger partial charge on any atom is -0.386 e. The third kappa shape index (κ3) is 3.87. The highest BCUT2D eigenvalue weighted by Crippen LogP contribution is 2.66. The van der Waals surface area contributed by atoms with Gasteiger partial charge in [0.05, 0.1) is 20.0 Å². The van der Waals surface area contributed by atoms with Crippen LogP contribution in [-0.4, -0.2) is 42.8 Å². The molecule has 2 aromatic heterocycles. The number of nitrogens with one attached hydrogen (secondary N) is 2. The maximum absolute atomic E-state index is 15.1. The number of hydrogen-bond donors (Lipinski definition) is 4. The summed E-state index contributed by atoms with van der Waals surface area (Å²) >= 11 is 11.9. The SMILES string of the molecule is CC1(C)C(N)=N[C@](C)(c2nc(NC(=O)c3ncc(Cl)cc3Cl)ccc2F)[C@H]2CCCNS21O. The predicted octanol–water partition coefficient (Wildman–Crippen LogP) is 4.48. The van der Waals surface area contributed by atoms with Gasteiger partial charge >= 0.3 is 0 Å². The van der Waals surface area contributed by atoms with Crippen LogP contribution < -0.4 is 15.8 Å². The van der Waals surface area contributed by atoms with Gasteiger partial charge in [-0.25, -0.2) is 14.4 Å². The molecule has 1 saturated heterocycles. The van der Waals surface area contributed by atoms with Crippen LogP contribution in [0.3, 0.4) is 0 Å². The standard InChI is InChI=1S/C21H25Cl2FN6O2S/c1-20(2)19(25)30-21(3,14-5-4-8-27-33(14,20)32)17-13(24)6-7-15(28-17)29-18(31)16-12(23)9-11(22)10-26-16/h6-7,9-10,14,27,32H,4-5,8H2,1-3H3,(H2,25,30)(H,28,29,31)/t14-,21+/m1/s1. The van der Waals surface area contributed by atoms with Crippen molar-refractivity contribution >= 4 is 51.3 Å². The molecule has 0 saturated carbocycles. The highest BCUT2D eigenvalue weighted by molar-refractivity contribution is 8.29. The number of aromatic nitrogens is 2. The Bertz CT molecular complexity index is 1170. The van der Waals surface area contributed by atoms with Gasteiger partial charge in [-0.2, -0.15) is 0 Å². The maximum Gasteiger partial charge on any atom is 0.276 e. The number of amidine groups is 1. The lowest BCUT2D eigenvalue weighted by molar-refractivity contribution is 0.102. The Hall–Kier alpha value is -1.98. The van der Waals surface area contributed by atoms with E-state index >= 15 is 4.39 Å². The summed E-state index contributed by atoms with van der Waals surface area (Å²) in [5.41, 5.74) is 5.02. The summed E-state index contributed by atoms with van der Waals surface area (Å²) in [5, 5.41) is 2.53. The third-order valence-corrected chi connectivity index (χ3v) is 10.8. The monoisotopic (exact) mass is 514 g/mol. The molecule has 33 heavy (non-hydrogen) atoms. The Morgan fingerprint density at radius 1 is 1.36 bits per heavy atom. The van der Waals surface area contributed by atoms with Crippen molar-refractivity contribution in [3.63, 3.8) is 0 Å². The van der Waals surface area contributed by atoms with Gasteiger partial charge in [0.25, 0.3) is 5.91 Å².